The molecular weight excluding hydrogens is 1900 g/mol. The number of rotatable bonds is 17. The van der Waals surface area contributed by atoms with E-state index in [0.29, 0.717) is 16.0 Å². The van der Waals surface area contributed by atoms with Crippen molar-refractivity contribution in [3.8, 4) is 101 Å². The van der Waals surface area contributed by atoms with Gasteiger partial charge < -0.3 is 34.9 Å². The molecule has 0 spiro atoms. The average Bonchev–Trinajstić information content (AvgIpc) is 1.58. The number of halogens is 2. The van der Waals surface area contributed by atoms with Gasteiger partial charge in [0.2, 0.25) is 16.3 Å². The van der Waals surface area contributed by atoms with Crippen molar-refractivity contribution < 1.29 is 24.1 Å². The van der Waals surface area contributed by atoms with Gasteiger partial charge in [0.15, 0.2) is 17.2 Å². The van der Waals surface area contributed by atoms with Crippen molar-refractivity contribution in [1.29, 1.82) is 0 Å². The smallest absolute Gasteiger partial charge is 0.270 e. The van der Waals surface area contributed by atoms with Crippen molar-refractivity contribution in [2.24, 2.45) is 0 Å². The monoisotopic (exact) mass is 2040 g/mol. The molecule has 0 bridgehead atoms. The Morgan fingerprint density at radius 2 is 0.544 bits per heavy atom. The maximum Gasteiger partial charge on any atom is 0.270 e. The number of anilines is 10. The first-order valence-corrected chi connectivity index (χ1v) is 54.1. The van der Waals surface area contributed by atoms with Gasteiger partial charge in [0.1, 0.15) is 17.2 Å². The summed E-state index contributed by atoms with van der Waals surface area (Å²) in [6.45, 7) is 45.7. The van der Waals surface area contributed by atoms with E-state index < -0.39 is 78.0 Å². The van der Waals surface area contributed by atoms with Crippen LogP contribution >= 0.6 is 45.3 Å². The molecule has 0 saturated heterocycles. The van der Waals surface area contributed by atoms with Crippen LogP contribution in [0.3, 0.4) is 0 Å². The number of hydrogen-bond donors (Lipinski definition) is 3. The molecule has 0 fully saturated rings. The molecule has 1 aliphatic rings. The fourth-order valence-electron chi connectivity index (χ4n) is 14.8. The van der Waals surface area contributed by atoms with Crippen LogP contribution in [0.5, 0.6) is 17.2 Å². The van der Waals surface area contributed by atoms with Crippen molar-refractivity contribution in [3.63, 3.8) is 0 Å². The minimum absolute atomic E-state index is 0.0857. The molecular formula is C128H140F2N4O9S4. The predicted molar refractivity (Wildman–Crippen MR) is 632 cm³/mol. The van der Waals surface area contributed by atoms with Crippen LogP contribution in [-0.2, 0) is 5.41 Å². The summed E-state index contributed by atoms with van der Waals surface area (Å²) in [6.07, 6.45) is 9.16. The highest BCUT2D eigenvalue weighted by atomic mass is 32.1. The molecule has 5 heterocycles. The number of hydrogen-bond acceptors (Lipinski definition) is 17. The van der Waals surface area contributed by atoms with Crippen LogP contribution in [0.15, 0.2) is 368 Å². The lowest BCUT2D eigenvalue weighted by Crippen LogP contribution is -2.33. The molecule has 4 aromatic heterocycles. The highest BCUT2D eigenvalue weighted by Gasteiger charge is 2.40. The van der Waals surface area contributed by atoms with Crippen molar-refractivity contribution in [2.45, 2.75) is 196 Å². The van der Waals surface area contributed by atoms with Gasteiger partial charge in [-0.2, -0.15) is 0 Å². The maximum atomic E-state index is 14.7. The molecule has 18 aromatic rings. The van der Waals surface area contributed by atoms with Gasteiger partial charge >= 0.3 is 0 Å². The third-order valence-electron chi connectivity index (χ3n) is 21.2. The summed E-state index contributed by atoms with van der Waals surface area (Å²) in [4.78, 5) is 86.6. The molecule has 0 saturated carbocycles. The average molecular weight is 2040 g/mol. The summed E-state index contributed by atoms with van der Waals surface area (Å²) in [7, 11) is 1.96. The van der Waals surface area contributed by atoms with E-state index in [0.717, 1.165) is 106 Å². The van der Waals surface area contributed by atoms with E-state index in [1.807, 2.05) is 170 Å². The first kappa shape index (κ1) is 119. The Labute approximate surface area is 884 Å². The molecule has 0 aliphatic carbocycles. The molecule has 147 heavy (non-hydrogen) atoms. The molecule has 14 aromatic carbocycles. The molecule has 1 aliphatic heterocycles. The fourth-order valence-corrected chi connectivity index (χ4v) is 19.1. The summed E-state index contributed by atoms with van der Waals surface area (Å²) >= 11 is 6.60. The van der Waals surface area contributed by atoms with E-state index in [1.165, 1.54) is 74.9 Å². The largest absolute Gasteiger partial charge is 0.504 e. The van der Waals surface area contributed by atoms with Crippen molar-refractivity contribution in [1.82, 2.24) is 0 Å². The number of benzene rings is 11. The third-order valence-corrected chi connectivity index (χ3v) is 26.1. The van der Waals surface area contributed by atoms with Crippen LogP contribution in [0.2, 0.25) is 0 Å². The zero-order valence-electron chi connectivity index (χ0n) is 89.0. The molecule has 0 unspecified atom stereocenters. The Bertz CT molecular complexity index is 7190. The van der Waals surface area contributed by atoms with E-state index in [4.69, 9.17) is 0 Å². The van der Waals surface area contributed by atoms with E-state index in [2.05, 4.69) is 324 Å². The van der Waals surface area contributed by atoms with Crippen LogP contribution in [0.4, 0.5) is 65.7 Å². The summed E-state index contributed by atoms with van der Waals surface area (Å²) < 4.78 is 29.4. The fraction of sp³-hybridized carbons (Fsp3) is 0.234. The van der Waals surface area contributed by atoms with Gasteiger partial charge in [-0.3, -0.25) is 28.8 Å². The lowest BCUT2D eigenvalue weighted by Gasteiger charge is -2.25. The van der Waals surface area contributed by atoms with Crippen LogP contribution in [0, 0.1) is 23.5 Å². The standard InChI is InChI=1S/C38H30N2O3S.C34H21NO3S3.C30H17F2NO3.6C3H8.4C2H6/c1-38(2)30-19-16-25(22-31(30)39(3)34(38)23-29-35(41)37(43)36(29)42)33-21-20-32(44-33)24-14-17-28(18-15-24)40(26-10-6-4-7-11-26)27-12-8-5-9-13-27;36-32-31(33(37)34(32)38)30-20-19-29(41-30)28-18-17-27(40-28)26-16-15-25(39-26)21-11-13-24(14-12-21)35(22-7-3-1-4-8-22)23-9-5-2-6-10-23;31-26-17-20(18-27(32)24(26)15-16-25-28(34)30(36)29(25)35)19-11-13-23(14-12-19)33(21-7-3-1-4-8-21)22-9-5-2-6-10-22;6*1-3-2;4*1-2/h4-23,41H,1-3H3;1-20,36H;1-14,17-18,34H;6*3H2,1-2H3;4*1-2H3/b34-23+;;;;;;;;;;;;. The number of thiophene rings is 4. The number of para-hydroxylation sites is 6. The Kier molecular flexibility index (Phi) is 49.3. The second-order valence-electron chi connectivity index (χ2n) is 33.3. The Hall–Kier alpha value is -14.8. The van der Waals surface area contributed by atoms with Gasteiger partial charge in [-0.15, -0.1) is 45.3 Å². The number of nitrogens with zero attached hydrogens (tertiary/aromatic N) is 4. The first-order valence-electron chi connectivity index (χ1n) is 50.8. The zero-order chi connectivity index (χ0) is 108. The summed E-state index contributed by atoms with van der Waals surface area (Å²) in [5, 5.41) is 29.1. The van der Waals surface area contributed by atoms with E-state index >= 15 is 0 Å². The molecule has 3 N–H and O–H groups in total. The summed E-state index contributed by atoms with van der Waals surface area (Å²) in [5.74, 6) is 0.880. The summed E-state index contributed by atoms with van der Waals surface area (Å²) in [6, 6.07) is 111. The number of aromatic hydroxyl groups is 3. The molecule has 0 amide bonds. The van der Waals surface area contributed by atoms with Crippen molar-refractivity contribution >= 4 is 108 Å². The maximum absolute atomic E-state index is 14.7. The number of allylic oxidation sites excluding steroid dienone is 1. The number of fused-ring (bicyclic) bond motifs is 1. The highest BCUT2D eigenvalue weighted by molar-refractivity contribution is 7.28. The molecule has 0 radical (unpaired) electrons. The third kappa shape index (κ3) is 30.2. The van der Waals surface area contributed by atoms with E-state index in [-0.39, 0.29) is 11.1 Å². The minimum Gasteiger partial charge on any atom is -0.504 e. The Morgan fingerprint density at radius 1 is 0.286 bits per heavy atom. The molecule has 19 rings (SSSR count). The second-order valence-corrected chi connectivity index (χ2v) is 37.6. The van der Waals surface area contributed by atoms with Gasteiger partial charge in [0, 0.05) is 114 Å². The lowest BCUT2D eigenvalue weighted by atomic mass is 9.82. The van der Waals surface area contributed by atoms with Gasteiger partial charge in [-0.05, 0) is 215 Å². The summed E-state index contributed by atoms with van der Waals surface area (Å²) in [5.41, 5.74) is 10.7. The first-order chi connectivity index (χ1) is 71.2. The van der Waals surface area contributed by atoms with Gasteiger partial charge in [0.05, 0.1) is 16.7 Å². The highest BCUT2D eigenvalue weighted by Crippen LogP contribution is 2.51. The van der Waals surface area contributed by atoms with Gasteiger partial charge in [-0.25, -0.2) is 8.78 Å². The SMILES string of the molecule is CC.CC.CC.CC.CCC.CCC.CCC.CCC.CCC.CCC.CN1/C(=C/c2c(O)c(=O)c2=O)C(C)(C)c2ccc(-c3ccc(-c4ccc(N(c5ccccc5)c5ccccc5)cc4)s3)cc21.O=c1c(O)c(-c2ccc(-c3ccc(-c4ccc(-c5ccc(N(c6ccccc6)c6ccccc6)cc5)s4)s3)s2)c1=O.O=c1c(O)c(C#Cc2c(F)cc(-c3ccc(N(c4ccccc4)c4ccccc4)cc3)cc2F)c1=O. The van der Waals surface area contributed by atoms with Crippen LogP contribution in [0.1, 0.15) is 213 Å². The Balaban J connectivity index is 0.000000268. The lowest BCUT2D eigenvalue weighted by molar-refractivity contribution is 0.460. The molecule has 0 atom stereocenters. The van der Waals surface area contributed by atoms with Gasteiger partial charge in [-0.1, -0.05) is 360 Å². The topological polar surface area (TPSA) is 176 Å². The van der Waals surface area contributed by atoms with Crippen molar-refractivity contribution in [3.05, 3.63) is 435 Å². The second kappa shape index (κ2) is 60.9. The van der Waals surface area contributed by atoms with Crippen molar-refractivity contribution in [2.75, 3.05) is 26.6 Å². The van der Waals surface area contributed by atoms with E-state index in [1.54, 1.807) is 58.3 Å². The van der Waals surface area contributed by atoms with Crippen LogP contribution in [0.25, 0.3) is 78.5 Å². The minimum atomic E-state index is -1.06. The van der Waals surface area contributed by atoms with Gasteiger partial charge in [0.25, 0.3) is 16.3 Å². The quantitative estimate of drug-likeness (QED) is 0.0580. The predicted octanol–water partition coefficient (Wildman–Crippen LogP) is 36.3. The van der Waals surface area contributed by atoms with Crippen LogP contribution < -0.4 is 52.2 Å². The molecule has 19 heteroatoms. The van der Waals surface area contributed by atoms with E-state index in [9.17, 15) is 52.9 Å². The Morgan fingerprint density at radius 3 is 0.864 bits per heavy atom. The zero-order valence-corrected chi connectivity index (χ0v) is 92.3. The molecule has 13 nitrogen and oxygen atoms in total. The normalized spacial score (nSPS) is 11.0. The van der Waals surface area contributed by atoms with Crippen LogP contribution in [-0.4, -0.2) is 22.4 Å². The molecule has 764 valence electrons. The number of likely N-dealkylation sites (N-methyl/N-ethyl adjacent to an activating group) is 1.